The van der Waals surface area contributed by atoms with Gasteiger partial charge in [-0.2, -0.15) is 0 Å². The van der Waals surface area contributed by atoms with Gasteiger partial charge in [-0.15, -0.1) is 0 Å². The molecular weight excluding hydrogens is 276 g/mol. The molecule has 0 saturated carbocycles. The summed E-state index contributed by atoms with van der Waals surface area (Å²) in [4.78, 5) is 19.0. The molecule has 22 heavy (non-hydrogen) atoms. The Morgan fingerprint density at radius 2 is 2.18 bits per heavy atom. The number of amides is 1. The lowest BCUT2D eigenvalue weighted by atomic mass is 10.0. The molecule has 3 atom stereocenters. The standard InChI is InChI=1S/C17H26N4O/c1-2-3-5-14-6-4-11-21(14)17(22)16-12-15(19-20-16)13-7-9-18-10-8-13/h7-10,14-16,19-20H,2-6,11-12H2,1H3. The molecule has 1 aromatic rings. The second kappa shape index (κ2) is 7.20. The Labute approximate surface area is 132 Å². The zero-order valence-corrected chi connectivity index (χ0v) is 13.3. The summed E-state index contributed by atoms with van der Waals surface area (Å²) in [6, 6.07) is 4.54. The van der Waals surface area contributed by atoms with Crippen molar-refractivity contribution in [1.29, 1.82) is 0 Å². The lowest BCUT2D eigenvalue weighted by Gasteiger charge is -2.27. The molecule has 5 nitrogen and oxygen atoms in total. The Kier molecular flexibility index (Phi) is 5.05. The molecule has 5 heteroatoms. The number of carbonyl (C=O) groups is 1. The molecule has 120 valence electrons. The molecule has 0 aliphatic carbocycles. The highest BCUT2D eigenvalue weighted by atomic mass is 16.2. The molecule has 1 amide bonds. The minimum absolute atomic E-state index is 0.111. The molecule has 0 spiro atoms. The monoisotopic (exact) mass is 302 g/mol. The van der Waals surface area contributed by atoms with Gasteiger partial charge in [-0.25, -0.2) is 10.9 Å². The van der Waals surface area contributed by atoms with Crippen LogP contribution in [0.5, 0.6) is 0 Å². The van der Waals surface area contributed by atoms with Crippen molar-refractivity contribution in [1.82, 2.24) is 20.7 Å². The number of nitrogens with zero attached hydrogens (tertiary/aromatic N) is 2. The predicted molar refractivity (Wildman–Crippen MR) is 85.9 cm³/mol. The van der Waals surface area contributed by atoms with Crippen LogP contribution in [0.25, 0.3) is 0 Å². The van der Waals surface area contributed by atoms with Crippen molar-refractivity contribution < 1.29 is 4.79 Å². The van der Waals surface area contributed by atoms with E-state index in [2.05, 4.69) is 27.7 Å². The van der Waals surface area contributed by atoms with Crippen LogP contribution in [0.1, 0.15) is 57.1 Å². The van der Waals surface area contributed by atoms with Gasteiger partial charge in [0.1, 0.15) is 6.04 Å². The number of hydrogen-bond donors (Lipinski definition) is 2. The van der Waals surface area contributed by atoms with Crippen LogP contribution < -0.4 is 10.9 Å². The average molecular weight is 302 g/mol. The summed E-state index contributed by atoms with van der Waals surface area (Å²) < 4.78 is 0. The number of nitrogens with one attached hydrogen (secondary N) is 2. The van der Waals surface area contributed by atoms with Crippen LogP contribution in [-0.2, 0) is 4.79 Å². The van der Waals surface area contributed by atoms with E-state index >= 15 is 0 Å². The fraction of sp³-hybridized carbons (Fsp3) is 0.647. The lowest BCUT2D eigenvalue weighted by molar-refractivity contribution is -0.134. The molecule has 2 aliphatic heterocycles. The lowest BCUT2D eigenvalue weighted by Crippen LogP contribution is -2.47. The second-order valence-corrected chi connectivity index (χ2v) is 6.38. The minimum atomic E-state index is -0.111. The van der Waals surface area contributed by atoms with Gasteiger partial charge in [-0.1, -0.05) is 19.8 Å². The first-order valence-electron chi connectivity index (χ1n) is 8.51. The highest BCUT2D eigenvalue weighted by molar-refractivity contribution is 5.82. The van der Waals surface area contributed by atoms with Crippen LogP contribution in [-0.4, -0.2) is 34.4 Å². The van der Waals surface area contributed by atoms with E-state index in [0.717, 1.165) is 25.8 Å². The highest BCUT2D eigenvalue weighted by Gasteiger charge is 2.36. The number of hydrogen-bond acceptors (Lipinski definition) is 4. The molecule has 3 unspecified atom stereocenters. The van der Waals surface area contributed by atoms with E-state index in [-0.39, 0.29) is 18.0 Å². The molecule has 0 bridgehead atoms. The van der Waals surface area contributed by atoms with Crippen molar-refractivity contribution in [2.75, 3.05) is 6.54 Å². The van der Waals surface area contributed by atoms with E-state index in [4.69, 9.17) is 0 Å². The van der Waals surface area contributed by atoms with Gasteiger partial charge < -0.3 is 4.90 Å². The zero-order chi connectivity index (χ0) is 15.4. The minimum Gasteiger partial charge on any atom is -0.338 e. The van der Waals surface area contributed by atoms with Crippen molar-refractivity contribution >= 4 is 5.91 Å². The van der Waals surface area contributed by atoms with E-state index in [1.54, 1.807) is 12.4 Å². The Morgan fingerprint density at radius 1 is 1.36 bits per heavy atom. The molecule has 2 fully saturated rings. The van der Waals surface area contributed by atoms with E-state index in [1.165, 1.54) is 24.8 Å². The van der Waals surface area contributed by atoms with Crippen LogP contribution in [0.2, 0.25) is 0 Å². The van der Waals surface area contributed by atoms with Crippen molar-refractivity contribution in [3.63, 3.8) is 0 Å². The van der Waals surface area contributed by atoms with Crippen LogP contribution in [0.4, 0.5) is 0 Å². The summed E-state index contributed by atoms with van der Waals surface area (Å²) in [5, 5.41) is 0. The van der Waals surface area contributed by atoms with Crippen molar-refractivity contribution in [3.05, 3.63) is 30.1 Å². The Morgan fingerprint density at radius 3 is 2.95 bits per heavy atom. The van der Waals surface area contributed by atoms with Crippen LogP contribution >= 0.6 is 0 Å². The summed E-state index contributed by atoms with van der Waals surface area (Å²) in [5.74, 6) is 0.266. The van der Waals surface area contributed by atoms with E-state index < -0.39 is 0 Å². The summed E-state index contributed by atoms with van der Waals surface area (Å²) in [7, 11) is 0. The smallest absolute Gasteiger partial charge is 0.241 e. The van der Waals surface area contributed by atoms with Gasteiger partial charge in [0.05, 0.1) is 0 Å². The molecule has 1 aromatic heterocycles. The van der Waals surface area contributed by atoms with E-state index in [9.17, 15) is 4.79 Å². The zero-order valence-electron chi connectivity index (χ0n) is 13.3. The second-order valence-electron chi connectivity index (χ2n) is 6.38. The molecule has 3 rings (SSSR count). The largest absolute Gasteiger partial charge is 0.338 e. The highest BCUT2D eigenvalue weighted by Crippen LogP contribution is 2.27. The van der Waals surface area contributed by atoms with Gasteiger partial charge in [0.15, 0.2) is 0 Å². The summed E-state index contributed by atoms with van der Waals surface area (Å²) >= 11 is 0. The molecule has 3 heterocycles. The summed E-state index contributed by atoms with van der Waals surface area (Å²) in [5.41, 5.74) is 7.64. The van der Waals surface area contributed by atoms with Crippen LogP contribution in [0, 0.1) is 0 Å². The van der Waals surface area contributed by atoms with Crippen molar-refractivity contribution in [2.24, 2.45) is 0 Å². The van der Waals surface area contributed by atoms with Crippen molar-refractivity contribution in [2.45, 2.75) is 63.6 Å². The number of aromatic nitrogens is 1. The summed E-state index contributed by atoms with van der Waals surface area (Å²) in [6.45, 7) is 3.13. The number of likely N-dealkylation sites (tertiary alicyclic amines) is 1. The first-order valence-corrected chi connectivity index (χ1v) is 8.51. The van der Waals surface area contributed by atoms with Gasteiger partial charge in [0, 0.05) is 31.0 Å². The molecular formula is C17H26N4O. The number of pyridine rings is 1. The van der Waals surface area contributed by atoms with E-state index in [0.29, 0.717) is 6.04 Å². The third-order valence-electron chi connectivity index (χ3n) is 4.86. The first kappa shape index (κ1) is 15.4. The molecule has 0 aromatic carbocycles. The number of carbonyl (C=O) groups excluding carboxylic acids is 1. The number of rotatable bonds is 5. The topological polar surface area (TPSA) is 57.3 Å². The third kappa shape index (κ3) is 3.31. The molecule has 2 saturated heterocycles. The Balaban J connectivity index is 1.59. The normalized spacial score (nSPS) is 28.2. The predicted octanol–water partition coefficient (Wildman–Crippen LogP) is 2.17. The molecule has 0 radical (unpaired) electrons. The van der Waals surface area contributed by atoms with Crippen molar-refractivity contribution in [3.8, 4) is 0 Å². The molecule has 2 aliphatic rings. The van der Waals surface area contributed by atoms with Crippen LogP contribution in [0.3, 0.4) is 0 Å². The van der Waals surface area contributed by atoms with Gasteiger partial charge >= 0.3 is 0 Å². The van der Waals surface area contributed by atoms with Gasteiger partial charge in [0.25, 0.3) is 0 Å². The van der Waals surface area contributed by atoms with Crippen LogP contribution in [0.15, 0.2) is 24.5 Å². The number of unbranched alkanes of at least 4 members (excludes halogenated alkanes) is 1. The Hall–Kier alpha value is -1.46. The number of hydrazine groups is 1. The first-order chi connectivity index (χ1) is 10.8. The summed E-state index contributed by atoms with van der Waals surface area (Å²) in [6.07, 6.45) is 10.3. The van der Waals surface area contributed by atoms with E-state index in [1.807, 2.05) is 12.1 Å². The SMILES string of the molecule is CCCCC1CCCN1C(=O)C1CC(c2ccncc2)NN1. The fourth-order valence-corrected chi connectivity index (χ4v) is 3.60. The maximum absolute atomic E-state index is 12.8. The average Bonchev–Trinajstić information content (AvgIpc) is 3.22. The third-order valence-corrected chi connectivity index (χ3v) is 4.86. The quantitative estimate of drug-likeness (QED) is 0.875. The molecule has 2 N–H and O–H groups in total. The van der Waals surface area contributed by atoms with Gasteiger partial charge in [-0.05, 0) is 43.4 Å². The maximum atomic E-state index is 12.8. The van der Waals surface area contributed by atoms with Gasteiger partial charge in [0.2, 0.25) is 5.91 Å². The van der Waals surface area contributed by atoms with Gasteiger partial charge in [-0.3, -0.25) is 9.78 Å². The Bertz CT molecular complexity index is 493. The maximum Gasteiger partial charge on any atom is 0.241 e. The fourth-order valence-electron chi connectivity index (χ4n) is 3.60.